The van der Waals surface area contributed by atoms with Gasteiger partial charge >= 0.3 is 0 Å². The highest BCUT2D eigenvalue weighted by Crippen LogP contribution is 2.34. The van der Waals surface area contributed by atoms with E-state index in [9.17, 15) is 4.79 Å². The molecule has 21 heavy (non-hydrogen) atoms. The molecular formula is C17H25N3O. The van der Waals surface area contributed by atoms with Crippen molar-refractivity contribution >= 4 is 17.3 Å². The first-order valence-corrected chi connectivity index (χ1v) is 7.93. The predicted molar refractivity (Wildman–Crippen MR) is 86.7 cm³/mol. The number of nitrogens with one attached hydrogen (secondary N) is 2. The van der Waals surface area contributed by atoms with Crippen molar-refractivity contribution in [2.45, 2.75) is 58.2 Å². The second-order valence-corrected chi connectivity index (χ2v) is 6.56. The molecule has 1 aliphatic heterocycles. The van der Waals surface area contributed by atoms with Gasteiger partial charge in [-0.1, -0.05) is 6.07 Å². The lowest BCUT2D eigenvalue weighted by molar-refractivity contribution is -0.114. The molecule has 1 amide bonds. The van der Waals surface area contributed by atoms with Crippen LogP contribution in [-0.4, -0.2) is 35.5 Å². The maximum atomic E-state index is 11.2. The van der Waals surface area contributed by atoms with Gasteiger partial charge in [0, 0.05) is 43.0 Å². The van der Waals surface area contributed by atoms with Gasteiger partial charge in [0.15, 0.2) is 0 Å². The molecular weight excluding hydrogens is 262 g/mol. The minimum absolute atomic E-state index is 0.0285. The topological polar surface area (TPSA) is 44.4 Å². The number of hydrogen-bond acceptors (Lipinski definition) is 3. The minimum atomic E-state index is -0.0285. The number of rotatable bonds is 4. The summed E-state index contributed by atoms with van der Waals surface area (Å²) in [5.41, 5.74) is 3.22. The average molecular weight is 287 g/mol. The molecule has 2 atom stereocenters. The Bertz CT molecular complexity index is 539. The summed E-state index contributed by atoms with van der Waals surface area (Å²) < 4.78 is 0. The Morgan fingerprint density at radius 3 is 2.76 bits per heavy atom. The van der Waals surface area contributed by atoms with E-state index in [1.165, 1.54) is 24.8 Å². The number of carbonyl (C=O) groups excluding carboxylic acids is 1. The molecule has 1 heterocycles. The Morgan fingerprint density at radius 1 is 1.33 bits per heavy atom. The van der Waals surface area contributed by atoms with E-state index in [4.69, 9.17) is 0 Å². The van der Waals surface area contributed by atoms with Crippen LogP contribution in [0.4, 0.5) is 11.4 Å². The molecule has 0 bridgehead atoms. The third kappa shape index (κ3) is 3.38. The van der Waals surface area contributed by atoms with E-state index >= 15 is 0 Å². The highest BCUT2D eigenvalue weighted by Gasteiger charge is 2.38. The zero-order chi connectivity index (χ0) is 15.0. The number of aryl methyl sites for hydroxylation is 1. The van der Waals surface area contributed by atoms with Gasteiger partial charge < -0.3 is 10.6 Å². The van der Waals surface area contributed by atoms with E-state index in [2.05, 4.69) is 35.4 Å². The summed E-state index contributed by atoms with van der Waals surface area (Å²) in [4.78, 5) is 13.8. The molecule has 1 saturated heterocycles. The fraction of sp³-hybridized carbons (Fsp3) is 0.588. The number of amides is 1. The fourth-order valence-electron chi connectivity index (χ4n) is 3.35. The molecule has 0 aromatic heterocycles. The van der Waals surface area contributed by atoms with Gasteiger partial charge in [-0.3, -0.25) is 9.69 Å². The molecule has 2 unspecified atom stereocenters. The molecule has 1 aliphatic carbocycles. The summed E-state index contributed by atoms with van der Waals surface area (Å²) in [6.07, 6.45) is 3.93. The lowest BCUT2D eigenvalue weighted by atomic mass is 10.1. The molecule has 3 rings (SSSR count). The average Bonchev–Trinajstić information content (AvgIpc) is 3.18. The minimum Gasteiger partial charge on any atom is -0.381 e. The van der Waals surface area contributed by atoms with Gasteiger partial charge in [-0.15, -0.1) is 0 Å². The molecule has 2 fully saturated rings. The third-order valence-electron chi connectivity index (χ3n) is 4.56. The largest absolute Gasteiger partial charge is 0.381 e. The van der Waals surface area contributed by atoms with Gasteiger partial charge in [-0.05, 0) is 50.8 Å². The first-order valence-electron chi connectivity index (χ1n) is 7.93. The molecule has 114 valence electrons. The highest BCUT2D eigenvalue weighted by molar-refractivity contribution is 5.89. The first-order chi connectivity index (χ1) is 10.0. The number of nitrogens with zero attached hydrogens (tertiary/aromatic N) is 1. The first kappa shape index (κ1) is 14.4. The highest BCUT2D eigenvalue weighted by atomic mass is 16.1. The standard InChI is InChI=1S/C17H25N3O/c1-11-4-5-14(18-13(3)21)9-17(11)19-15-8-12(2)20(10-15)16-6-7-16/h4-5,9,12,15-16,19H,6-8,10H2,1-3H3,(H,18,21). The van der Waals surface area contributed by atoms with Crippen LogP contribution in [0, 0.1) is 6.92 Å². The van der Waals surface area contributed by atoms with Crippen LogP contribution < -0.4 is 10.6 Å². The summed E-state index contributed by atoms with van der Waals surface area (Å²) in [6, 6.07) is 8.07. The van der Waals surface area contributed by atoms with Crippen LogP contribution in [0.5, 0.6) is 0 Å². The van der Waals surface area contributed by atoms with Crippen molar-refractivity contribution in [3.05, 3.63) is 23.8 Å². The molecule has 1 aromatic rings. The number of carbonyl (C=O) groups is 1. The molecule has 2 N–H and O–H groups in total. The lowest BCUT2D eigenvalue weighted by Gasteiger charge is -2.20. The van der Waals surface area contributed by atoms with Gasteiger partial charge in [0.1, 0.15) is 0 Å². The van der Waals surface area contributed by atoms with E-state index in [1.54, 1.807) is 6.92 Å². The maximum Gasteiger partial charge on any atom is 0.221 e. The van der Waals surface area contributed by atoms with Crippen LogP contribution in [-0.2, 0) is 4.79 Å². The van der Waals surface area contributed by atoms with E-state index in [1.807, 2.05) is 12.1 Å². The summed E-state index contributed by atoms with van der Waals surface area (Å²) in [7, 11) is 0. The maximum absolute atomic E-state index is 11.2. The zero-order valence-corrected chi connectivity index (χ0v) is 13.1. The van der Waals surface area contributed by atoms with Crippen molar-refractivity contribution in [3.63, 3.8) is 0 Å². The Hall–Kier alpha value is -1.55. The fourth-order valence-corrected chi connectivity index (χ4v) is 3.35. The van der Waals surface area contributed by atoms with Crippen molar-refractivity contribution in [2.24, 2.45) is 0 Å². The normalized spacial score (nSPS) is 25.9. The van der Waals surface area contributed by atoms with Crippen LogP contribution in [0.1, 0.15) is 38.7 Å². The molecule has 0 radical (unpaired) electrons. The predicted octanol–water partition coefficient (Wildman–Crippen LogP) is 2.99. The molecule has 4 heteroatoms. The Morgan fingerprint density at radius 2 is 2.10 bits per heavy atom. The second-order valence-electron chi connectivity index (χ2n) is 6.56. The molecule has 1 saturated carbocycles. The molecule has 4 nitrogen and oxygen atoms in total. The van der Waals surface area contributed by atoms with Crippen LogP contribution >= 0.6 is 0 Å². The zero-order valence-electron chi connectivity index (χ0n) is 13.1. The SMILES string of the molecule is CC(=O)Nc1ccc(C)c(NC2CC(C)N(C3CC3)C2)c1. The van der Waals surface area contributed by atoms with Crippen LogP contribution in [0.3, 0.4) is 0 Å². The van der Waals surface area contributed by atoms with E-state index in [-0.39, 0.29) is 5.91 Å². The smallest absolute Gasteiger partial charge is 0.221 e. The molecule has 1 aromatic carbocycles. The van der Waals surface area contributed by atoms with Crippen LogP contribution in [0.15, 0.2) is 18.2 Å². The van der Waals surface area contributed by atoms with Crippen molar-refractivity contribution < 1.29 is 4.79 Å². The van der Waals surface area contributed by atoms with Crippen molar-refractivity contribution in [2.75, 3.05) is 17.2 Å². The van der Waals surface area contributed by atoms with E-state index < -0.39 is 0 Å². The lowest BCUT2D eigenvalue weighted by Crippen LogP contribution is -2.31. The van der Waals surface area contributed by atoms with Gasteiger partial charge in [-0.25, -0.2) is 0 Å². The number of anilines is 2. The quantitative estimate of drug-likeness (QED) is 0.895. The number of hydrogen-bond donors (Lipinski definition) is 2. The Balaban J connectivity index is 1.68. The summed E-state index contributed by atoms with van der Waals surface area (Å²) in [5, 5.41) is 6.53. The summed E-state index contributed by atoms with van der Waals surface area (Å²) in [5.74, 6) is -0.0285. The van der Waals surface area contributed by atoms with Gasteiger partial charge in [0.25, 0.3) is 0 Å². The van der Waals surface area contributed by atoms with Gasteiger partial charge in [-0.2, -0.15) is 0 Å². The number of benzene rings is 1. The van der Waals surface area contributed by atoms with Crippen LogP contribution in [0.25, 0.3) is 0 Å². The molecule has 0 spiro atoms. The van der Waals surface area contributed by atoms with E-state index in [0.717, 1.165) is 24.0 Å². The van der Waals surface area contributed by atoms with Crippen molar-refractivity contribution in [1.29, 1.82) is 0 Å². The van der Waals surface area contributed by atoms with Crippen LogP contribution in [0.2, 0.25) is 0 Å². The van der Waals surface area contributed by atoms with Crippen molar-refractivity contribution in [3.8, 4) is 0 Å². The Labute approximate surface area is 126 Å². The summed E-state index contributed by atoms with van der Waals surface area (Å²) in [6.45, 7) is 7.12. The van der Waals surface area contributed by atoms with Gasteiger partial charge in [0.05, 0.1) is 0 Å². The Kier molecular flexibility index (Phi) is 3.89. The second kappa shape index (κ2) is 5.68. The van der Waals surface area contributed by atoms with Gasteiger partial charge in [0.2, 0.25) is 5.91 Å². The monoisotopic (exact) mass is 287 g/mol. The summed E-state index contributed by atoms with van der Waals surface area (Å²) >= 11 is 0. The van der Waals surface area contributed by atoms with Crippen molar-refractivity contribution in [1.82, 2.24) is 4.90 Å². The number of likely N-dealkylation sites (tertiary alicyclic amines) is 1. The van der Waals surface area contributed by atoms with E-state index in [0.29, 0.717) is 12.1 Å². The third-order valence-corrected chi connectivity index (χ3v) is 4.56. The molecule has 2 aliphatic rings.